The van der Waals surface area contributed by atoms with Crippen LogP contribution in [0.3, 0.4) is 0 Å². The lowest BCUT2D eigenvalue weighted by atomic mass is 10.2. The quantitative estimate of drug-likeness (QED) is 0.699. The van der Waals surface area contributed by atoms with E-state index in [1.165, 1.54) is 0 Å². The van der Waals surface area contributed by atoms with Crippen LogP contribution in [0, 0.1) is 0 Å². The van der Waals surface area contributed by atoms with Crippen LogP contribution in [0.25, 0.3) is 11.5 Å². The lowest BCUT2D eigenvalue weighted by molar-refractivity contribution is 0.240. The van der Waals surface area contributed by atoms with Gasteiger partial charge in [0.1, 0.15) is 11.6 Å². The second-order valence-electron chi connectivity index (χ2n) is 6.20. The molecule has 7 nitrogen and oxygen atoms in total. The van der Waals surface area contributed by atoms with Crippen LogP contribution in [0.4, 0.5) is 5.82 Å². The summed E-state index contributed by atoms with van der Waals surface area (Å²) in [6.45, 7) is 4.47. The number of anilines is 1. The van der Waals surface area contributed by atoms with Gasteiger partial charge in [-0.2, -0.15) is 4.98 Å². The fourth-order valence-corrected chi connectivity index (χ4v) is 3.04. The first-order valence-corrected chi connectivity index (χ1v) is 8.67. The zero-order valence-corrected chi connectivity index (χ0v) is 14.7. The first kappa shape index (κ1) is 16.5. The Labute approximate surface area is 152 Å². The number of methoxy groups -OCH3 is 1. The maximum atomic E-state index is 5.41. The summed E-state index contributed by atoms with van der Waals surface area (Å²) >= 11 is 0. The maximum absolute atomic E-state index is 5.41. The zero-order chi connectivity index (χ0) is 17.8. The molecule has 1 aliphatic heterocycles. The average molecular weight is 351 g/mol. The molecule has 7 heteroatoms. The van der Waals surface area contributed by atoms with Crippen molar-refractivity contribution in [2.24, 2.45) is 0 Å². The van der Waals surface area contributed by atoms with Crippen LogP contribution in [0.5, 0.6) is 5.75 Å². The lowest BCUT2D eigenvalue weighted by Gasteiger charge is -2.34. The molecule has 0 atom stereocenters. The third-order valence-corrected chi connectivity index (χ3v) is 4.52. The van der Waals surface area contributed by atoms with E-state index >= 15 is 0 Å². The van der Waals surface area contributed by atoms with E-state index in [1.54, 1.807) is 7.11 Å². The predicted molar refractivity (Wildman–Crippen MR) is 98.0 cm³/mol. The van der Waals surface area contributed by atoms with Crippen molar-refractivity contribution >= 4 is 5.82 Å². The molecule has 134 valence electrons. The Kier molecular flexibility index (Phi) is 4.79. The van der Waals surface area contributed by atoms with Crippen LogP contribution in [0.1, 0.15) is 5.82 Å². The molecule has 26 heavy (non-hydrogen) atoms. The number of nitrogens with zero attached hydrogens (tertiary/aromatic N) is 5. The monoisotopic (exact) mass is 351 g/mol. The molecule has 0 N–H and O–H groups in total. The Morgan fingerprint density at radius 3 is 2.54 bits per heavy atom. The number of hydrogen-bond acceptors (Lipinski definition) is 7. The van der Waals surface area contributed by atoms with Crippen LogP contribution < -0.4 is 9.64 Å². The summed E-state index contributed by atoms with van der Waals surface area (Å²) < 4.78 is 10.6. The van der Waals surface area contributed by atoms with Gasteiger partial charge in [-0.3, -0.25) is 4.90 Å². The SMILES string of the molecule is COc1ccc(-c2nc(CN3CCN(c4ccccn4)CC3)no2)cc1. The molecule has 0 aliphatic carbocycles. The van der Waals surface area contributed by atoms with E-state index < -0.39 is 0 Å². The highest BCUT2D eigenvalue weighted by Crippen LogP contribution is 2.21. The molecule has 0 spiro atoms. The molecule has 2 aromatic heterocycles. The fraction of sp³-hybridized carbons (Fsp3) is 0.316. The van der Waals surface area contributed by atoms with Crippen molar-refractivity contribution in [1.82, 2.24) is 20.0 Å². The number of ether oxygens (including phenoxy) is 1. The van der Waals surface area contributed by atoms with Crippen molar-refractivity contribution in [3.63, 3.8) is 0 Å². The first-order valence-electron chi connectivity index (χ1n) is 8.67. The standard InChI is InChI=1S/C19H21N5O2/c1-25-16-7-5-15(6-8-16)19-21-17(22-26-19)14-23-10-12-24(13-11-23)18-4-2-3-9-20-18/h2-9H,10-14H2,1H3. The summed E-state index contributed by atoms with van der Waals surface area (Å²) in [4.78, 5) is 13.6. The van der Waals surface area contributed by atoms with Crippen molar-refractivity contribution in [2.75, 3.05) is 38.2 Å². The molecule has 1 aromatic carbocycles. The van der Waals surface area contributed by atoms with Crippen molar-refractivity contribution in [2.45, 2.75) is 6.54 Å². The van der Waals surface area contributed by atoms with Crippen LogP contribution in [-0.2, 0) is 6.54 Å². The Hall–Kier alpha value is -2.93. The van der Waals surface area contributed by atoms with Crippen molar-refractivity contribution in [3.05, 3.63) is 54.5 Å². The first-order chi connectivity index (χ1) is 12.8. The van der Waals surface area contributed by atoms with E-state index in [1.807, 2.05) is 42.6 Å². The molecule has 0 bridgehead atoms. The summed E-state index contributed by atoms with van der Waals surface area (Å²) in [6.07, 6.45) is 1.84. The lowest BCUT2D eigenvalue weighted by Crippen LogP contribution is -2.46. The Morgan fingerprint density at radius 2 is 1.85 bits per heavy atom. The van der Waals surface area contributed by atoms with Gasteiger partial charge in [-0.05, 0) is 36.4 Å². The normalized spacial score (nSPS) is 15.2. The zero-order valence-electron chi connectivity index (χ0n) is 14.7. The minimum Gasteiger partial charge on any atom is -0.497 e. The molecular formula is C19H21N5O2. The summed E-state index contributed by atoms with van der Waals surface area (Å²) in [5, 5.41) is 4.12. The molecule has 0 unspecified atom stereocenters. The van der Waals surface area contributed by atoms with Crippen molar-refractivity contribution in [3.8, 4) is 17.2 Å². The molecule has 0 amide bonds. The van der Waals surface area contributed by atoms with Crippen LogP contribution in [0.2, 0.25) is 0 Å². The number of hydrogen-bond donors (Lipinski definition) is 0. The molecule has 3 heterocycles. The summed E-state index contributed by atoms with van der Waals surface area (Å²) in [5.41, 5.74) is 0.893. The van der Waals surface area contributed by atoms with E-state index in [-0.39, 0.29) is 0 Å². The largest absolute Gasteiger partial charge is 0.497 e. The number of pyridine rings is 1. The van der Waals surface area contributed by atoms with E-state index in [0.29, 0.717) is 18.3 Å². The Balaban J connectivity index is 1.35. The fourth-order valence-electron chi connectivity index (χ4n) is 3.04. The van der Waals surface area contributed by atoms with Gasteiger partial charge in [0.05, 0.1) is 13.7 Å². The average Bonchev–Trinajstić information content (AvgIpc) is 3.18. The Morgan fingerprint density at radius 1 is 1.04 bits per heavy atom. The highest BCUT2D eigenvalue weighted by Gasteiger charge is 2.20. The van der Waals surface area contributed by atoms with Gasteiger partial charge < -0.3 is 14.2 Å². The molecular weight excluding hydrogens is 330 g/mol. The predicted octanol–water partition coefficient (Wildman–Crippen LogP) is 2.46. The van der Waals surface area contributed by atoms with Crippen molar-refractivity contribution in [1.29, 1.82) is 0 Å². The highest BCUT2D eigenvalue weighted by atomic mass is 16.5. The van der Waals surface area contributed by atoms with E-state index in [4.69, 9.17) is 9.26 Å². The summed E-state index contributed by atoms with van der Waals surface area (Å²) in [5.74, 6) is 3.09. The molecule has 0 saturated carbocycles. The number of rotatable bonds is 5. The topological polar surface area (TPSA) is 67.5 Å². The van der Waals surface area contributed by atoms with Gasteiger partial charge in [0, 0.05) is 37.9 Å². The van der Waals surface area contributed by atoms with E-state index in [9.17, 15) is 0 Å². The number of piperazine rings is 1. The second-order valence-corrected chi connectivity index (χ2v) is 6.20. The third kappa shape index (κ3) is 3.67. The minimum absolute atomic E-state index is 0.537. The maximum Gasteiger partial charge on any atom is 0.257 e. The molecule has 1 fully saturated rings. The van der Waals surface area contributed by atoms with Crippen LogP contribution >= 0.6 is 0 Å². The molecule has 3 aromatic rings. The van der Waals surface area contributed by atoms with Gasteiger partial charge in [-0.25, -0.2) is 4.98 Å². The van der Waals surface area contributed by atoms with Gasteiger partial charge in [0.25, 0.3) is 5.89 Å². The minimum atomic E-state index is 0.537. The van der Waals surface area contributed by atoms with E-state index in [0.717, 1.165) is 43.3 Å². The van der Waals surface area contributed by atoms with Gasteiger partial charge in [0.2, 0.25) is 0 Å². The summed E-state index contributed by atoms with van der Waals surface area (Å²) in [6, 6.07) is 13.6. The molecule has 1 aliphatic rings. The molecule has 4 rings (SSSR count). The van der Waals surface area contributed by atoms with Gasteiger partial charge in [0.15, 0.2) is 5.82 Å². The number of benzene rings is 1. The van der Waals surface area contributed by atoms with Gasteiger partial charge in [-0.1, -0.05) is 11.2 Å². The summed E-state index contributed by atoms with van der Waals surface area (Å²) in [7, 11) is 1.65. The van der Waals surface area contributed by atoms with Crippen molar-refractivity contribution < 1.29 is 9.26 Å². The third-order valence-electron chi connectivity index (χ3n) is 4.52. The molecule has 0 radical (unpaired) electrons. The van der Waals surface area contributed by atoms with E-state index in [2.05, 4.69) is 31.0 Å². The highest BCUT2D eigenvalue weighted by molar-refractivity contribution is 5.54. The van der Waals surface area contributed by atoms with Crippen LogP contribution in [-0.4, -0.2) is 53.3 Å². The van der Waals surface area contributed by atoms with Crippen LogP contribution in [0.15, 0.2) is 53.2 Å². The Bertz CT molecular complexity index is 827. The van der Waals surface area contributed by atoms with Gasteiger partial charge >= 0.3 is 0 Å². The number of aromatic nitrogens is 3. The molecule has 1 saturated heterocycles. The second kappa shape index (κ2) is 7.53. The van der Waals surface area contributed by atoms with Gasteiger partial charge in [-0.15, -0.1) is 0 Å². The smallest absolute Gasteiger partial charge is 0.257 e.